The molecule has 4 fully saturated rings. The first-order valence-electron chi connectivity index (χ1n) is 6.33. The molecule has 0 amide bonds. The average Bonchev–Trinajstić information content (AvgIpc) is 2.79. The zero-order chi connectivity index (χ0) is 9.34. The molecule has 0 heterocycles. The van der Waals surface area contributed by atoms with Crippen molar-refractivity contribution >= 4 is 5.78 Å². The topological polar surface area (TPSA) is 17.1 Å². The molecule has 1 heteroatoms. The summed E-state index contributed by atoms with van der Waals surface area (Å²) in [6.45, 7) is 0. The summed E-state index contributed by atoms with van der Waals surface area (Å²) in [5.41, 5.74) is 0.671. The Kier molecular flexibility index (Phi) is 1.27. The first kappa shape index (κ1) is 7.90. The summed E-state index contributed by atoms with van der Waals surface area (Å²) in [6, 6.07) is 0. The molecule has 5 atom stereocenters. The Balaban J connectivity index is 1.84. The summed E-state index contributed by atoms with van der Waals surface area (Å²) in [5, 5.41) is 0. The number of carbonyl (C=O) groups is 1. The Hall–Kier alpha value is -0.330. The van der Waals surface area contributed by atoms with E-state index in [2.05, 4.69) is 0 Å². The van der Waals surface area contributed by atoms with Gasteiger partial charge in [-0.05, 0) is 55.3 Å². The van der Waals surface area contributed by atoms with Gasteiger partial charge in [0.15, 0.2) is 0 Å². The number of rotatable bonds is 0. The highest BCUT2D eigenvalue weighted by Gasteiger charge is 2.65. The molecule has 0 aromatic carbocycles. The van der Waals surface area contributed by atoms with Crippen LogP contribution < -0.4 is 0 Å². The second kappa shape index (κ2) is 2.25. The van der Waals surface area contributed by atoms with E-state index in [1.807, 2.05) is 0 Å². The molecule has 0 radical (unpaired) electrons. The fraction of sp³-hybridized carbons (Fsp3) is 0.923. The Morgan fingerprint density at radius 2 is 2.07 bits per heavy atom. The van der Waals surface area contributed by atoms with Crippen molar-refractivity contribution in [3.05, 3.63) is 0 Å². The predicted molar refractivity (Wildman–Crippen MR) is 53.7 cm³/mol. The Bertz CT molecular complexity index is 308. The van der Waals surface area contributed by atoms with E-state index in [4.69, 9.17) is 0 Å². The van der Waals surface area contributed by atoms with E-state index in [0.29, 0.717) is 17.1 Å². The lowest BCUT2D eigenvalue weighted by Crippen LogP contribution is -2.36. The second-order valence-electron chi connectivity index (χ2n) is 6.24. The normalized spacial score (nSPS) is 59.3. The number of hydrogen-bond donors (Lipinski definition) is 0. The molecule has 5 unspecified atom stereocenters. The van der Waals surface area contributed by atoms with Crippen molar-refractivity contribution in [3.63, 3.8) is 0 Å². The molecule has 4 saturated carbocycles. The van der Waals surface area contributed by atoms with E-state index in [1.54, 1.807) is 0 Å². The van der Waals surface area contributed by atoms with Crippen LogP contribution in [0, 0.1) is 29.1 Å². The molecular formula is C13H18O. The SMILES string of the molecule is O=C1CC2CCCC34CCC(C3)C1C24. The van der Waals surface area contributed by atoms with Gasteiger partial charge in [0.2, 0.25) is 0 Å². The highest BCUT2D eigenvalue weighted by Crippen LogP contribution is 2.70. The van der Waals surface area contributed by atoms with Gasteiger partial charge in [0.1, 0.15) is 5.78 Å². The summed E-state index contributed by atoms with van der Waals surface area (Å²) in [4.78, 5) is 12.0. The maximum absolute atomic E-state index is 12.0. The van der Waals surface area contributed by atoms with Gasteiger partial charge < -0.3 is 0 Å². The highest BCUT2D eigenvalue weighted by atomic mass is 16.1. The highest BCUT2D eigenvalue weighted by molar-refractivity contribution is 5.85. The third-order valence-electron chi connectivity index (χ3n) is 5.88. The molecule has 0 aliphatic heterocycles. The molecule has 4 rings (SSSR count). The average molecular weight is 190 g/mol. The zero-order valence-corrected chi connectivity index (χ0v) is 8.67. The van der Waals surface area contributed by atoms with Crippen LogP contribution in [0.1, 0.15) is 44.9 Å². The minimum atomic E-state index is 0.536. The van der Waals surface area contributed by atoms with Gasteiger partial charge >= 0.3 is 0 Å². The van der Waals surface area contributed by atoms with Crippen LogP contribution in [-0.2, 0) is 4.79 Å². The van der Waals surface area contributed by atoms with Crippen LogP contribution in [0.4, 0.5) is 0 Å². The van der Waals surface area contributed by atoms with E-state index in [9.17, 15) is 4.79 Å². The van der Waals surface area contributed by atoms with Crippen molar-refractivity contribution in [1.29, 1.82) is 0 Å². The van der Waals surface area contributed by atoms with Gasteiger partial charge in [0, 0.05) is 12.3 Å². The number of Topliss-reactive ketones (excluding diaryl/α,β-unsaturated/α-hetero) is 1. The molecule has 76 valence electrons. The van der Waals surface area contributed by atoms with Crippen LogP contribution in [-0.4, -0.2) is 5.78 Å². The van der Waals surface area contributed by atoms with Gasteiger partial charge in [-0.1, -0.05) is 6.42 Å². The monoisotopic (exact) mass is 190 g/mol. The second-order valence-corrected chi connectivity index (χ2v) is 6.24. The predicted octanol–water partition coefficient (Wildman–Crippen LogP) is 2.79. The molecule has 1 nitrogen and oxygen atoms in total. The maximum atomic E-state index is 12.0. The molecule has 0 saturated heterocycles. The smallest absolute Gasteiger partial charge is 0.136 e. The number of carbonyl (C=O) groups excluding carboxylic acids is 1. The standard InChI is InChI=1S/C13H18O/c14-10-6-8-2-1-4-13-5-3-9(7-13)11(10)12(8)13/h8-9,11-12H,1-7H2. The minimum Gasteiger partial charge on any atom is -0.299 e. The van der Waals surface area contributed by atoms with Gasteiger partial charge in [0.25, 0.3) is 0 Å². The Morgan fingerprint density at radius 3 is 3.00 bits per heavy atom. The molecule has 0 aromatic rings. The summed E-state index contributed by atoms with van der Waals surface area (Å²) >= 11 is 0. The van der Waals surface area contributed by atoms with Gasteiger partial charge in [-0.25, -0.2) is 0 Å². The van der Waals surface area contributed by atoms with Crippen molar-refractivity contribution in [2.45, 2.75) is 44.9 Å². The largest absolute Gasteiger partial charge is 0.299 e. The molecule has 0 N–H and O–H groups in total. The van der Waals surface area contributed by atoms with E-state index in [-0.39, 0.29) is 0 Å². The number of hydrogen-bond acceptors (Lipinski definition) is 1. The lowest BCUT2D eigenvalue weighted by atomic mass is 9.62. The lowest BCUT2D eigenvalue weighted by molar-refractivity contribution is -0.122. The third kappa shape index (κ3) is 0.697. The van der Waals surface area contributed by atoms with E-state index >= 15 is 0 Å². The number of ketones is 1. The molecule has 1 spiro atoms. The summed E-state index contributed by atoms with van der Waals surface area (Å²) in [6.07, 6.45) is 9.43. The minimum absolute atomic E-state index is 0.536. The summed E-state index contributed by atoms with van der Waals surface area (Å²) < 4.78 is 0. The molecular weight excluding hydrogens is 172 g/mol. The van der Waals surface area contributed by atoms with Crippen LogP contribution in [0.15, 0.2) is 0 Å². The molecule has 4 aliphatic rings. The molecule has 14 heavy (non-hydrogen) atoms. The third-order valence-corrected chi connectivity index (χ3v) is 5.88. The van der Waals surface area contributed by atoms with Gasteiger partial charge in [-0.3, -0.25) is 4.79 Å². The fourth-order valence-electron chi connectivity index (χ4n) is 5.65. The summed E-state index contributed by atoms with van der Waals surface area (Å²) in [5.74, 6) is 3.66. The van der Waals surface area contributed by atoms with Crippen LogP contribution in [0.5, 0.6) is 0 Å². The Morgan fingerprint density at radius 1 is 1.14 bits per heavy atom. The molecule has 2 bridgehead atoms. The van der Waals surface area contributed by atoms with Gasteiger partial charge in [-0.2, -0.15) is 0 Å². The van der Waals surface area contributed by atoms with E-state index in [0.717, 1.165) is 24.2 Å². The number of fused-ring (bicyclic) bond motifs is 2. The molecule has 4 aliphatic carbocycles. The van der Waals surface area contributed by atoms with Crippen LogP contribution in [0.3, 0.4) is 0 Å². The first-order valence-corrected chi connectivity index (χ1v) is 6.33. The van der Waals surface area contributed by atoms with Crippen molar-refractivity contribution in [2.75, 3.05) is 0 Å². The van der Waals surface area contributed by atoms with Gasteiger partial charge in [-0.15, -0.1) is 0 Å². The van der Waals surface area contributed by atoms with Crippen molar-refractivity contribution in [1.82, 2.24) is 0 Å². The van der Waals surface area contributed by atoms with E-state index < -0.39 is 0 Å². The fourth-order valence-corrected chi connectivity index (χ4v) is 5.65. The van der Waals surface area contributed by atoms with Crippen molar-refractivity contribution in [2.24, 2.45) is 29.1 Å². The first-order chi connectivity index (χ1) is 6.80. The lowest BCUT2D eigenvalue weighted by Gasteiger charge is -2.43. The summed E-state index contributed by atoms with van der Waals surface area (Å²) in [7, 11) is 0. The van der Waals surface area contributed by atoms with Crippen LogP contribution in [0.2, 0.25) is 0 Å². The molecule has 0 aromatic heterocycles. The van der Waals surface area contributed by atoms with Crippen molar-refractivity contribution < 1.29 is 4.79 Å². The van der Waals surface area contributed by atoms with Crippen LogP contribution >= 0.6 is 0 Å². The van der Waals surface area contributed by atoms with Crippen LogP contribution in [0.25, 0.3) is 0 Å². The maximum Gasteiger partial charge on any atom is 0.136 e. The van der Waals surface area contributed by atoms with Crippen molar-refractivity contribution in [3.8, 4) is 0 Å². The quantitative estimate of drug-likeness (QED) is 0.574. The zero-order valence-electron chi connectivity index (χ0n) is 8.67. The van der Waals surface area contributed by atoms with E-state index in [1.165, 1.54) is 38.5 Å². The van der Waals surface area contributed by atoms with Gasteiger partial charge in [0.05, 0.1) is 0 Å². The Labute approximate surface area is 85.3 Å².